The summed E-state index contributed by atoms with van der Waals surface area (Å²) in [6.45, 7) is 6.02. The SMILES string of the molecule is CC(C)OCCOC(=O)c1ccc(N2CCC[C@@H](C(N)=O)C2)cc1. The van der Waals surface area contributed by atoms with Crippen molar-refractivity contribution >= 4 is 17.6 Å². The molecule has 1 aromatic carbocycles. The van der Waals surface area contributed by atoms with E-state index in [9.17, 15) is 9.59 Å². The number of rotatable bonds is 7. The largest absolute Gasteiger partial charge is 0.460 e. The summed E-state index contributed by atoms with van der Waals surface area (Å²) in [5, 5.41) is 0. The Morgan fingerprint density at radius 3 is 2.58 bits per heavy atom. The quantitative estimate of drug-likeness (QED) is 0.609. The highest BCUT2D eigenvalue weighted by molar-refractivity contribution is 5.89. The second kappa shape index (κ2) is 8.68. The molecule has 1 atom stereocenters. The van der Waals surface area contributed by atoms with Crippen LogP contribution >= 0.6 is 0 Å². The van der Waals surface area contributed by atoms with Crippen LogP contribution in [0.4, 0.5) is 5.69 Å². The number of primary amides is 1. The number of anilines is 1. The minimum Gasteiger partial charge on any atom is -0.460 e. The normalized spacial score (nSPS) is 17.8. The van der Waals surface area contributed by atoms with E-state index in [1.54, 1.807) is 12.1 Å². The predicted molar refractivity (Wildman–Crippen MR) is 91.9 cm³/mol. The van der Waals surface area contributed by atoms with Gasteiger partial charge in [0, 0.05) is 18.8 Å². The lowest BCUT2D eigenvalue weighted by atomic mass is 9.97. The molecule has 0 radical (unpaired) electrons. The Kier molecular flexibility index (Phi) is 6.61. The molecule has 2 N–H and O–H groups in total. The highest BCUT2D eigenvalue weighted by Gasteiger charge is 2.24. The molecule has 1 aliphatic rings. The molecule has 1 fully saturated rings. The first-order chi connectivity index (χ1) is 11.5. The molecule has 0 unspecified atom stereocenters. The topological polar surface area (TPSA) is 81.9 Å². The third kappa shape index (κ3) is 5.23. The molecular weight excluding hydrogens is 308 g/mol. The third-order valence-electron chi connectivity index (χ3n) is 4.06. The summed E-state index contributed by atoms with van der Waals surface area (Å²) >= 11 is 0. The molecule has 1 amide bonds. The van der Waals surface area contributed by atoms with Gasteiger partial charge in [-0.3, -0.25) is 4.79 Å². The van der Waals surface area contributed by atoms with Crippen molar-refractivity contribution in [3.05, 3.63) is 29.8 Å². The van der Waals surface area contributed by atoms with Crippen LogP contribution in [0.5, 0.6) is 0 Å². The molecule has 24 heavy (non-hydrogen) atoms. The second-order valence-electron chi connectivity index (χ2n) is 6.29. The van der Waals surface area contributed by atoms with Gasteiger partial charge in [-0.15, -0.1) is 0 Å². The first kappa shape index (κ1) is 18.3. The van der Waals surface area contributed by atoms with E-state index in [0.717, 1.165) is 25.1 Å². The van der Waals surface area contributed by atoms with Crippen molar-refractivity contribution in [3.8, 4) is 0 Å². The zero-order chi connectivity index (χ0) is 17.5. The van der Waals surface area contributed by atoms with E-state index in [0.29, 0.717) is 18.7 Å². The number of esters is 1. The lowest BCUT2D eigenvalue weighted by Crippen LogP contribution is -2.41. The molecular formula is C18H26N2O4. The highest BCUT2D eigenvalue weighted by atomic mass is 16.6. The lowest BCUT2D eigenvalue weighted by Gasteiger charge is -2.33. The van der Waals surface area contributed by atoms with Gasteiger partial charge in [0.05, 0.1) is 24.2 Å². The minimum absolute atomic E-state index is 0.107. The monoisotopic (exact) mass is 334 g/mol. The minimum atomic E-state index is -0.359. The Balaban J connectivity index is 1.88. The molecule has 0 spiro atoms. The van der Waals surface area contributed by atoms with Gasteiger partial charge in [0.1, 0.15) is 6.61 Å². The number of carbonyl (C=O) groups is 2. The molecule has 2 rings (SSSR count). The Labute approximate surface area is 142 Å². The van der Waals surface area contributed by atoms with E-state index in [2.05, 4.69) is 4.90 Å². The molecule has 0 aliphatic carbocycles. The summed E-state index contributed by atoms with van der Waals surface area (Å²) in [5.41, 5.74) is 6.90. The number of hydrogen-bond donors (Lipinski definition) is 1. The molecule has 1 heterocycles. The van der Waals surface area contributed by atoms with Gasteiger partial charge in [-0.1, -0.05) is 0 Å². The van der Waals surface area contributed by atoms with Crippen LogP contribution in [0.3, 0.4) is 0 Å². The van der Waals surface area contributed by atoms with Crippen molar-refractivity contribution in [2.45, 2.75) is 32.8 Å². The van der Waals surface area contributed by atoms with Gasteiger partial charge in [0.25, 0.3) is 0 Å². The van der Waals surface area contributed by atoms with Crippen molar-refractivity contribution in [2.75, 3.05) is 31.2 Å². The van der Waals surface area contributed by atoms with Crippen LogP contribution in [-0.4, -0.2) is 44.3 Å². The maximum absolute atomic E-state index is 12.0. The molecule has 6 heteroatoms. The van der Waals surface area contributed by atoms with Gasteiger partial charge in [-0.05, 0) is 51.0 Å². The smallest absolute Gasteiger partial charge is 0.338 e. The van der Waals surface area contributed by atoms with Gasteiger partial charge in [0.15, 0.2) is 0 Å². The molecule has 1 aliphatic heterocycles. The van der Waals surface area contributed by atoms with E-state index in [1.807, 2.05) is 26.0 Å². The Morgan fingerprint density at radius 2 is 1.96 bits per heavy atom. The van der Waals surface area contributed by atoms with E-state index >= 15 is 0 Å². The van der Waals surface area contributed by atoms with Crippen LogP contribution in [0.25, 0.3) is 0 Å². The summed E-state index contributed by atoms with van der Waals surface area (Å²) in [6.07, 6.45) is 1.90. The van der Waals surface area contributed by atoms with Crippen LogP contribution in [-0.2, 0) is 14.3 Å². The number of amides is 1. The second-order valence-corrected chi connectivity index (χ2v) is 6.29. The van der Waals surface area contributed by atoms with Gasteiger partial charge < -0.3 is 20.1 Å². The Morgan fingerprint density at radius 1 is 1.25 bits per heavy atom. The third-order valence-corrected chi connectivity index (χ3v) is 4.06. The molecule has 6 nitrogen and oxygen atoms in total. The van der Waals surface area contributed by atoms with E-state index in [4.69, 9.17) is 15.2 Å². The fourth-order valence-electron chi connectivity index (χ4n) is 2.75. The maximum Gasteiger partial charge on any atom is 0.338 e. The Bertz CT molecular complexity index is 557. The number of nitrogens with zero attached hydrogens (tertiary/aromatic N) is 1. The molecule has 132 valence electrons. The molecule has 0 saturated carbocycles. The Hall–Kier alpha value is -2.08. The van der Waals surface area contributed by atoms with Gasteiger partial charge in [-0.25, -0.2) is 4.79 Å². The molecule has 0 bridgehead atoms. The fraction of sp³-hybridized carbons (Fsp3) is 0.556. The van der Waals surface area contributed by atoms with Crippen molar-refractivity contribution in [1.82, 2.24) is 0 Å². The van der Waals surface area contributed by atoms with Gasteiger partial charge in [-0.2, -0.15) is 0 Å². The molecule has 1 aromatic rings. The lowest BCUT2D eigenvalue weighted by molar-refractivity contribution is -0.122. The number of nitrogens with two attached hydrogens (primary N) is 1. The molecule has 1 saturated heterocycles. The van der Waals surface area contributed by atoms with E-state index < -0.39 is 0 Å². The maximum atomic E-state index is 12.0. The zero-order valence-electron chi connectivity index (χ0n) is 14.4. The average Bonchev–Trinajstić information content (AvgIpc) is 2.58. The summed E-state index contributed by atoms with van der Waals surface area (Å²) in [7, 11) is 0. The zero-order valence-corrected chi connectivity index (χ0v) is 14.4. The number of benzene rings is 1. The van der Waals surface area contributed by atoms with Gasteiger partial charge >= 0.3 is 5.97 Å². The number of ether oxygens (including phenoxy) is 2. The van der Waals surface area contributed by atoms with Gasteiger partial charge in [0.2, 0.25) is 5.91 Å². The van der Waals surface area contributed by atoms with Crippen LogP contribution in [0.15, 0.2) is 24.3 Å². The summed E-state index contributed by atoms with van der Waals surface area (Å²) in [5.74, 6) is -0.713. The fourth-order valence-corrected chi connectivity index (χ4v) is 2.75. The summed E-state index contributed by atoms with van der Waals surface area (Å²) in [4.78, 5) is 25.5. The number of carbonyl (C=O) groups excluding carboxylic acids is 2. The standard InChI is InChI=1S/C18H26N2O4/c1-13(2)23-10-11-24-18(22)14-5-7-16(8-6-14)20-9-3-4-15(12-20)17(19)21/h5-8,13,15H,3-4,9-12H2,1-2H3,(H2,19,21)/t15-/m1/s1. The predicted octanol–water partition coefficient (Wildman–Crippen LogP) is 1.97. The first-order valence-corrected chi connectivity index (χ1v) is 8.40. The average molecular weight is 334 g/mol. The number of hydrogen-bond acceptors (Lipinski definition) is 5. The van der Waals surface area contributed by atoms with Crippen LogP contribution < -0.4 is 10.6 Å². The highest BCUT2D eigenvalue weighted by Crippen LogP contribution is 2.23. The van der Waals surface area contributed by atoms with Crippen molar-refractivity contribution in [1.29, 1.82) is 0 Å². The van der Waals surface area contributed by atoms with E-state index in [-0.39, 0.29) is 30.5 Å². The summed E-state index contributed by atoms with van der Waals surface area (Å²) < 4.78 is 10.5. The summed E-state index contributed by atoms with van der Waals surface area (Å²) in [6, 6.07) is 7.25. The van der Waals surface area contributed by atoms with Crippen LogP contribution in [0, 0.1) is 5.92 Å². The first-order valence-electron chi connectivity index (χ1n) is 8.40. The number of piperidine rings is 1. The van der Waals surface area contributed by atoms with E-state index in [1.165, 1.54) is 0 Å². The van der Waals surface area contributed by atoms with Crippen LogP contribution in [0.2, 0.25) is 0 Å². The van der Waals surface area contributed by atoms with Crippen molar-refractivity contribution in [2.24, 2.45) is 11.7 Å². The van der Waals surface area contributed by atoms with Crippen molar-refractivity contribution in [3.63, 3.8) is 0 Å². The van der Waals surface area contributed by atoms with Crippen LogP contribution in [0.1, 0.15) is 37.0 Å². The van der Waals surface area contributed by atoms with Crippen molar-refractivity contribution < 1.29 is 19.1 Å². The molecule has 0 aromatic heterocycles.